The minimum absolute atomic E-state index is 0.511. The molecule has 5 heteroatoms. The number of alkyl halides is 3. The molecule has 1 heterocycles. The molecule has 0 bridgehead atoms. The lowest BCUT2D eigenvalue weighted by Crippen LogP contribution is -2.27. The van der Waals surface area contributed by atoms with Crippen molar-refractivity contribution in [3.8, 4) is 0 Å². The topological polar surface area (TPSA) is 15.3 Å². The maximum atomic E-state index is 12.6. The number of fused-ring (bicyclic) bond motifs is 1. The van der Waals surface area contributed by atoms with Crippen LogP contribution in [0.5, 0.6) is 0 Å². The molecule has 2 atom stereocenters. The van der Waals surface area contributed by atoms with Crippen LogP contribution in [0.2, 0.25) is 0 Å². The van der Waals surface area contributed by atoms with Crippen molar-refractivity contribution >= 4 is 0 Å². The highest BCUT2D eigenvalue weighted by molar-refractivity contribution is 5.25. The molecule has 2 aliphatic rings. The monoisotopic (exact) mass is 298 g/mol. The van der Waals surface area contributed by atoms with Gasteiger partial charge in [0.1, 0.15) is 0 Å². The molecule has 0 radical (unpaired) electrons. The van der Waals surface area contributed by atoms with Gasteiger partial charge in [-0.15, -0.1) is 0 Å². The summed E-state index contributed by atoms with van der Waals surface area (Å²) in [4.78, 5) is 2.47. The van der Waals surface area contributed by atoms with E-state index in [1.165, 1.54) is 25.2 Å². The van der Waals surface area contributed by atoms with Crippen LogP contribution in [0.4, 0.5) is 13.2 Å². The summed E-state index contributed by atoms with van der Waals surface area (Å²) in [6.45, 7) is 7.12. The zero-order chi connectivity index (χ0) is 15.0. The second-order valence-electron chi connectivity index (χ2n) is 6.17. The molecule has 1 aliphatic carbocycles. The lowest BCUT2D eigenvalue weighted by molar-refractivity contribution is -0.137. The summed E-state index contributed by atoms with van der Waals surface area (Å²) in [5.74, 6) is 2.33. The van der Waals surface area contributed by atoms with Crippen LogP contribution in [0.15, 0.2) is 24.3 Å². The molecular formula is C16H21F3N2. The van der Waals surface area contributed by atoms with E-state index in [1.807, 2.05) is 0 Å². The first-order valence-corrected chi connectivity index (χ1v) is 7.58. The molecule has 0 aromatic heterocycles. The Morgan fingerprint density at radius 2 is 1.95 bits per heavy atom. The molecule has 1 N–H and O–H groups in total. The number of piperidine rings is 1. The second-order valence-corrected chi connectivity index (χ2v) is 6.17. The molecule has 2 unspecified atom stereocenters. The Kier molecular flexibility index (Phi) is 3.97. The van der Waals surface area contributed by atoms with Gasteiger partial charge in [0, 0.05) is 19.6 Å². The normalized spacial score (nSPS) is 28.7. The maximum absolute atomic E-state index is 12.6. The van der Waals surface area contributed by atoms with E-state index in [0.29, 0.717) is 12.1 Å². The van der Waals surface area contributed by atoms with Crippen LogP contribution in [-0.4, -0.2) is 31.1 Å². The Hall–Kier alpha value is -1.07. The molecule has 116 valence electrons. The Morgan fingerprint density at radius 1 is 1.24 bits per heavy atom. The molecule has 1 aromatic rings. The van der Waals surface area contributed by atoms with Crippen molar-refractivity contribution in [3.05, 3.63) is 35.4 Å². The predicted octanol–water partition coefficient (Wildman–Crippen LogP) is 2.99. The minimum atomic E-state index is -4.26. The first kappa shape index (κ1) is 14.9. The molecule has 1 saturated carbocycles. The van der Waals surface area contributed by atoms with Gasteiger partial charge in [-0.05, 0) is 42.5 Å². The fraction of sp³-hybridized carbons (Fsp3) is 0.625. The summed E-state index contributed by atoms with van der Waals surface area (Å²) < 4.78 is 37.9. The van der Waals surface area contributed by atoms with Gasteiger partial charge in [-0.1, -0.05) is 25.1 Å². The molecule has 1 aliphatic heterocycles. The smallest absolute Gasteiger partial charge is 0.312 e. The summed E-state index contributed by atoms with van der Waals surface area (Å²) in [5, 5.41) is 3.32. The fourth-order valence-corrected chi connectivity index (χ4v) is 3.54. The molecule has 2 fully saturated rings. The van der Waals surface area contributed by atoms with E-state index >= 15 is 0 Å². The summed E-state index contributed by atoms with van der Waals surface area (Å²) in [6.07, 6.45) is -4.26. The minimum Gasteiger partial charge on any atom is -0.312 e. The highest BCUT2D eigenvalue weighted by Crippen LogP contribution is 2.51. The van der Waals surface area contributed by atoms with E-state index in [9.17, 15) is 13.2 Å². The standard InChI is InChI=1S/C16H21F3N2/c1-2-21-9-14-13(15(14)10-21)8-20-7-11-4-3-5-12(6-11)16(17,18)19/h3-6,13-15,20H,2,7-10H2,1H3. The van der Waals surface area contributed by atoms with Crippen LogP contribution >= 0.6 is 0 Å². The molecule has 0 spiro atoms. The summed E-state index contributed by atoms with van der Waals surface area (Å²) in [7, 11) is 0. The second kappa shape index (κ2) is 5.61. The van der Waals surface area contributed by atoms with Gasteiger partial charge in [0.15, 0.2) is 0 Å². The van der Waals surface area contributed by atoms with Crippen molar-refractivity contribution in [2.45, 2.75) is 19.6 Å². The van der Waals surface area contributed by atoms with Gasteiger partial charge >= 0.3 is 6.18 Å². The van der Waals surface area contributed by atoms with Gasteiger partial charge in [0.25, 0.3) is 0 Å². The molecule has 0 amide bonds. The zero-order valence-electron chi connectivity index (χ0n) is 12.2. The molecule has 21 heavy (non-hydrogen) atoms. The predicted molar refractivity (Wildman–Crippen MR) is 75.7 cm³/mol. The maximum Gasteiger partial charge on any atom is 0.416 e. The highest BCUT2D eigenvalue weighted by Gasteiger charge is 2.54. The Bertz CT molecular complexity index is 489. The van der Waals surface area contributed by atoms with Crippen LogP contribution in [-0.2, 0) is 12.7 Å². The summed E-state index contributed by atoms with van der Waals surface area (Å²) >= 11 is 0. The highest BCUT2D eigenvalue weighted by atomic mass is 19.4. The van der Waals surface area contributed by atoms with Gasteiger partial charge in [0.05, 0.1) is 5.56 Å². The number of likely N-dealkylation sites (tertiary alicyclic amines) is 1. The van der Waals surface area contributed by atoms with Crippen LogP contribution in [0, 0.1) is 17.8 Å². The van der Waals surface area contributed by atoms with Crippen molar-refractivity contribution in [1.29, 1.82) is 0 Å². The summed E-state index contributed by atoms with van der Waals surface area (Å²) in [5.41, 5.74) is 0.134. The summed E-state index contributed by atoms with van der Waals surface area (Å²) in [6, 6.07) is 5.58. The van der Waals surface area contributed by atoms with Gasteiger partial charge < -0.3 is 10.2 Å². The number of hydrogen-bond donors (Lipinski definition) is 1. The van der Waals surface area contributed by atoms with Gasteiger partial charge in [-0.3, -0.25) is 0 Å². The van der Waals surface area contributed by atoms with Crippen LogP contribution in [0.1, 0.15) is 18.1 Å². The van der Waals surface area contributed by atoms with Crippen LogP contribution in [0.3, 0.4) is 0 Å². The number of nitrogens with zero attached hydrogens (tertiary/aromatic N) is 1. The number of benzene rings is 1. The van der Waals surface area contributed by atoms with E-state index in [2.05, 4.69) is 17.1 Å². The number of hydrogen-bond acceptors (Lipinski definition) is 2. The van der Waals surface area contributed by atoms with Crippen molar-refractivity contribution in [3.63, 3.8) is 0 Å². The molecule has 3 rings (SSSR count). The lowest BCUT2D eigenvalue weighted by Gasteiger charge is -2.17. The number of rotatable bonds is 5. The molecule has 1 aromatic carbocycles. The largest absolute Gasteiger partial charge is 0.416 e. The Morgan fingerprint density at radius 3 is 2.57 bits per heavy atom. The van der Waals surface area contributed by atoms with Gasteiger partial charge in [-0.2, -0.15) is 13.2 Å². The van der Waals surface area contributed by atoms with Crippen molar-refractivity contribution in [2.75, 3.05) is 26.2 Å². The van der Waals surface area contributed by atoms with Crippen molar-refractivity contribution in [2.24, 2.45) is 17.8 Å². The Balaban J connectivity index is 1.45. The Labute approximate surface area is 123 Å². The van der Waals surface area contributed by atoms with Gasteiger partial charge in [-0.25, -0.2) is 0 Å². The number of halogens is 3. The quantitative estimate of drug-likeness (QED) is 0.899. The van der Waals surface area contributed by atoms with Crippen molar-refractivity contribution < 1.29 is 13.2 Å². The average molecular weight is 298 g/mol. The fourth-order valence-electron chi connectivity index (χ4n) is 3.54. The first-order chi connectivity index (χ1) is 9.99. The van der Waals surface area contributed by atoms with Gasteiger partial charge in [0.2, 0.25) is 0 Å². The molecular weight excluding hydrogens is 277 g/mol. The number of nitrogens with one attached hydrogen (secondary N) is 1. The van der Waals surface area contributed by atoms with E-state index in [1.54, 1.807) is 6.07 Å². The van der Waals surface area contributed by atoms with E-state index in [4.69, 9.17) is 0 Å². The third-order valence-corrected chi connectivity index (χ3v) is 4.86. The lowest BCUT2D eigenvalue weighted by atomic mass is 10.1. The van der Waals surface area contributed by atoms with E-state index in [0.717, 1.165) is 36.9 Å². The van der Waals surface area contributed by atoms with Crippen LogP contribution in [0.25, 0.3) is 0 Å². The average Bonchev–Trinajstić information content (AvgIpc) is 2.91. The molecule has 1 saturated heterocycles. The first-order valence-electron chi connectivity index (χ1n) is 7.58. The van der Waals surface area contributed by atoms with Crippen molar-refractivity contribution in [1.82, 2.24) is 10.2 Å². The third kappa shape index (κ3) is 3.24. The van der Waals surface area contributed by atoms with E-state index < -0.39 is 11.7 Å². The SMILES string of the molecule is CCN1CC2C(CNCc3cccc(C(F)(F)F)c3)C2C1. The third-order valence-electron chi connectivity index (χ3n) is 4.86. The zero-order valence-corrected chi connectivity index (χ0v) is 12.2. The van der Waals surface area contributed by atoms with E-state index in [-0.39, 0.29) is 0 Å². The molecule has 2 nitrogen and oxygen atoms in total. The van der Waals surface area contributed by atoms with Crippen LogP contribution < -0.4 is 5.32 Å².